The van der Waals surface area contributed by atoms with E-state index in [-0.39, 0.29) is 0 Å². The molecule has 0 saturated carbocycles. The maximum Gasteiger partial charge on any atom is 0.513 e. The summed E-state index contributed by atoms with van der Waals surface area (Å²) in [5, 5.41) is 0. The average molecular weight is 278 g/mol. The SMILES string of the molecule is CCCCCCCCOC(=O)Oc1ccc(CC)cc1. The Morgan fingerprint density at radius 2 is 1.60 bits per heavy atom. The lowest BCUT2D eigenvalue weighted by Gasteiger charge is -2.06. The molecule has 0 atom stereocenters. The van der Waals surface area contributed by atoms with Crippen LogP contribution in [0.5, 0.6) is 5.75 Å². The van der Waals surface area contributed by atoms with Crippen LogP contribution >= 0.6 is 0 Å². The molecule has 0 radical (unpaired) electrons. The molecule has 0 aromatic heterocycles. The van der Waals surface area contributed by atoms with Crippen LogP contribution in [0.1, 0.15) is 57.9 Å². The van der Waals surface area contributed by atoms with Gasteiger partial charge in [-0.25, -0.2) is 4.79 Å². The molecule has 1 rings (SSSR count). The zero-order valence-electron chi connectivity index (χ0n) is 12.7. The van der Waals surface area contributed by atoms with Crippen molar-refractivity contribution in [1.82, 2.24) is 0 Å². The number of carbonyl (C=O) groups is 1. The van der Waals surface area contributed by atoms with E-state index in [1.54, 1.807) is 12.1 Å². The highest BCUT2D eigenvalue weighted by molar-refractivity contribution is 5.63. The van der Waals surface area contributed by atoms with Crippen LogP contribution in [0.3, 0.4) is 0 Å². The van der Waals surface area contributed by atoms with Gasteiger partial charge in [-0.05, 0) is 30.5 Å². The topological polar surface area (TPSA) is 35.5 Å². The van der Waals surface area contributed by atoms with Crippen molar-refractivity contribution in [2.75, 3.05) is 6.61 Å². The highest BCUT2D eigenvalue weighted by Crippen LogP contribution is 2.13. The normalized spacial score (nSPS) is 10.3. The third-order valence-electron chi connectivity index (χ3n) is 3.25. The minimum atomic E-state index is -0.609. The number of carbonyl (C=O) groups excluding carboxylic acids is 1. The molecule has 1 aromatic carbocycles. The third kappa shape index (κ3) is 7.17. The maximum absolute atomic E-state index is 11.5. The van der Waals surface area contributed by atoms with Crippen molar-refractivity contribution in [1.29, 1.82) is 0 Å². The molecule has 0 aliphatic heterocycles. The summed E-state index contributed by atoms with van der Waals surface area (Å²) < 4.78 is 10.1. The molecule has 0 N–H and O–H groups in total. The number of rotatable bonds is 9. The van der Waals surface area contributed by atoms with Crippen molar-refractivity contribution in [3.63, 3.8) is 0 Å². The van der Waals surface area contributed by atoms with E-state index in [1.165, 1.54) is 31.2 Å². The van der Waals surface area contributed by atoms with Gasteiger partial charge in [0.05, 0.1) is 6.61 Å². The van der Waals surface area contributed by atoms with Crippen molar-refractivity contribution in [2.45, 2.75) is 58.8 Å². The van der Waals surface area contributed by atoms with Crippen LogP contribution in [0, 0.1) is 0 Å². The van der Waals surface area contributed by atoms with Crippen molar-refractivity contribution in [2.24, 2.45) is 0 Å². The Kier molecular flexibility index (Phi) is 8.52. The summed E-state index contributed by atoms with van der Waals surface area (Å²) in [6.45, 7) is 4.73. The van der Waals surface area contributed by atoms with Gasteiger partial charge in [-0.2, -0.15) is 0 Å². The van der Waals surface area contributed by atoms with E-state index in [2.05, 4.69) is 13.8 Å². The van der Waals surface area contributed by atoms with Crippen LogP contribution < -0.4 is 4.74 Å². The number of unbranched alkanes of at least 4 members (excludes halogenated alkanes) is 5. The molecule has 0 saturated heterocycles. The van der Waals surface area contributed by atoms with Crippen molar-refractivity contribution < 1.29 is 14.3 Å². The molecule has 20 heavy (non-hydrogen) atoms. The number of hydrogen-bond acceptors (Lipinski definition) is 3. The Morgan fingerprint density at radius 3 is 2.25 bits per heavy atom. The average Bonchev–Trinajstić information content (AvgIpc) is 2.47. The molecule has 112 valence electrons. The van der Waals surface area contributed by atoms with Crippen LogP contribution in [0.2, 0.25) is 0 Å². The summed E-state index contributed by atoms with van der Waals surface area (Å²) in [6.07, 6.45) is 7.41. The largest absolute Gasteiger partial charge is 0.513 e. The first-order chi connectivity index (χ1) is 9.76. The van der Waals surface area contributed by atoms with Gasteiger partial charge >= 0.3 is 6.16 Å². The summed E-state index contributed by atoms with van der Waals surface area (Å²) in [6, 6.07) is 7.50. The molecule has 3 heteroatoms. The Bertz CT molecular complexity index is 370. The van der Waals surface area contributed by atoms with Crippen molar-refractivity contribution >= 4 is 6.16 Å². The Hall–Kier alpha value is -1.51. The van der Waals surface area contributed by atoms with Gasteiger partial charge in [0.25, 0.3) is 0 Å². The minimum absolute atomic E-state index is 0.442. The van der Waals surface area contributed by atoms with Crippen molar-refractivity contribution in [3.8, 4) is 5.75 Å². The van der Waals surface area contributed by atoms with Crippen LogP contribution in [-0.4, -0.2) is 12.8 Å². The quantitative estimate of drug-likeness (QED) is 0.357. The first-order valence-corrected chi connectivity index (χ1v) is 7.69. The molecule has 0 aliphatic rings. The highest BCUT2D eigenvalue weighted by Gasteiger charge is 2.05. The lowest BCUT2D eigenvalue weighted by atomic mass is 10.1. The summed E-state index contributed by atoms with van der Waals surface area (Å²) >= 11 is 0. The first-order valence-electron chi connectivity index (χ1n) is 7.69. The van der Waals surface area contributed by atoms with E-state index in [1.807, 2.05) is 12.1 Å². The third-order valence-corrected chi connectivity index (χ3v) is 3.25. The smallest absolute Gasteiger partial charge is 0.434 e. The van der Waals surface area contributed by atoms with Crippen LogP contribution in [0.25, 0.3) is 0 Å². The number of aryl methyl sites for hydroxylation is 1. The van der Waals surface area contributed by atoms with E-state index in [4.69, 9.17) is 9.47 Å². The van der Waals surface area contributed by atoms with Crippen molar-refractivity contribution in [3.05, 3.63) is 29.8 Å². The fraction of sp³-hybridized carbons (Fsp3) is 0.588. The predicted octanol–water partition coefficient (Wildman–Crippen LogP) is 5.12. The lowest BCUT2D eigenvalue weighted by molar-refractivity contribution is 0.0973. The molecular formula is C17H26O3. The van der Waals surface area contributed by atoms with Gasteiger partial charge in [0.1, 0.15) is 5.75 Å². The minimum Gasteiger partial charge on any atom is -0.434 e. The molecule has 0 unspecified atom stereocenters. The molecule has 0 fully saturated rings. The molecule has 1 aromatic rings. The maximum atomic E-state index is 11.5. The Labute approximate surface area is 122 Å². The second kappa shape index (κ2) is 10.3. The number of hydrogen-bond donors (Lipinski definition) is 0. The van der Waals surface area contributed by atoms with Gasteiger partial charge in [-0.1, -0.05) is 58.1 Å². The van der Waals surface area contributed by atoms with Gasteiger partial charge in [0, 0.05) is 0 Å². The number of benzene rings is 1. The molecule has 0 heterocycles. The van der Waals surface area contributed by atoms with Gasteiger partial charge in [0.2, 0.25) is 0 Å². The second-order valence-electron chi connectivity index (χ2n) is 4.97. The molecule has 0 spiro atoms. The van der Waals surface area contributed by atoms with Crippen LogP contribution in [0.15, 0.2) is 24.3 Å². The summed E-state index contributed by atoms with van der Waals surface area (Å²) in [5.41, 5.74) is 1.22. The fourth-order valence-electron chi connectivity index (χ4n) is 1.96. The summed E-state index contributed by atoms with van der Waals surface area (Å²) in [4.78, 5) is 11.5. The Balaban J connectivity index is 2.10. The van der Waals surface area contributed by atoms with E-state index < -0.39 is 6.16 Å². The summed E-state index contributed by atoms with van der Waals surface area (Å²) in [5.74, 6) is 0.537. The molecule has 0 bridgehead atoms. The van der Waals surface area contributed by atoms with Gasteiger partial charge < -0.3 is 9.47 Å². The zero-order valence-corrected chi connectivity index (χ0v) is 12.7. The molecular weight excluding hydrogens is 252 g/mol. The number of ether oxygens (including phenoxy) is 2. The van der Waals surface area contributed by atoms with Gasteiger partial charge in [-0.15, -0.1) is 0 Å². The molecule has 0 amide bonds. The van der Waals surface area contributed by atoms with Gasteiger partial charge in [-0.3, -0.25) is 0 Å². The van der Waals surface area contributed by atoms with E-state index in [0.717, 1.165) is 19.3 Å². The van der Waals surface area contributed by atoms with Crippen LogP contribution in [-0.2, 0) is 11.2 Å². The van der Waals surface area contributed by atoms with E-state index in [0.29, 0.717) is 12.4 Å². The summed E-state index contributed by atoms with van der Waals surface area (Å²) in [7, 11) is 0. The lowest BCUT2D eigenvalue weighted by Crippen LogP contribution is -2.11. The Morgan fingerprint density at radius 1 is 0.950 bits per heavy atom. The van der Waals surface area contributed by atoms with Gasteiger partial charge in [0.15, 0.2) is 0 Å². The second-order valence-corrected chi connectivity index (χ2v) is 4.97. The standard InChI is InChI=1S/C17H26O3/c1-3-5-6-7-8-9-14-19-17(18)20-16-12-10-15(4-2)11-13-16/h10-13H,3-9,14H2,1-2H3. The molecule has 3 nitrogen and oxygen atoms in total. The predicted molar refractivity (Wildman–Crippen MR) is 81.2 cm³/mol. The van der Waals surface area contributed by atoms with Crippen LogP contribution in [0.4, 0.5) is 4.79 Å². The zero-order chi connectivity index (χ0) is 14.6. The first kappa shape index (κ1) is 16.5. The monoisotopic (exact) mass is 278 g/mol. The highest BCUT2D eigenvalue weighted by atomic mass is 16.7. The molecule has 0 aliphatic carbocycles. The van der Waals surface area contributed by atoms with E-state index in [9.17, 15) is 4.79 Å². The fourth-order valence-corrected chi connectivity index (χ4v) is 1.96. The van der Waals surface area contributed by atoms with E-state index >= 15 is 0 Å².